The molecule has 0 aromatic heterocycles. The average Bonchev–Trinajstić information content (AvgIpc) is 2.39. The lowest BCUT2D eigenvalue weighted by atomic mass is 9.64. The Morgan fingerprint density at radius 3 is 2.58 bits per heavy atom. The minimum absolute atomic E-state index is 0.0750. The summed E-state index contributed by atoms with van der Waals surface area (Å²) < 4.78 is 0. The highest BCUT2D eigenvalue weighted by Crippen LogP contribution is 2.42. The molecule has 0 saturated heterocycles. The van der Waals surface area contributed by atoms with Crippen LogP contribution < -0.4 is 10.6 Å². The molecule has 104 valence electrons. The first-order valence-electron chi connectivity index (χ1n) is 6.63. The van der Waals surface area contributed by atoms with Gasteiger partial charge in [-0.3, -0.25) is 4.79 Å². The highest BCUT2D eigenvalue weighted by Gasteiger charge is 2.47. The summed E-state index contributed by atoms with van der Waals surface area (Å²) >= 11 is 0. The molecule has 1 aromatic rings. The molecule has 1 aliphatic rings. The molecule has 0 aliphatic heterocycles. The van der Waals surface area contributed by atoms with Gasteiger partial charge in [-0.15, -0.1) is 0 Å². The van der Waals surface area contributed by atoms with E-state index in [-0.39, 0.29) is 23.5 Å². The molecule has 2 unspecified atom stereocenters. The number of benzene rings is 1. The Morgan fingerprint density at radius 1 is 1.42 bits per heavy atom. The highest BCUT2D eigenvalue weighted by molar-refractivity contribution is 5.94. The molecule has 1 aliphatic carbocycles. The van der Waals surface area contributed by atoms with Gasteiger partial charge in [0.2, 0.25) is 0 Å². The zero-order valence-electron chi connectivity index (χ0n) is 11.9. The first-order valence-corrected chi connectivity index (χ1v) is 6.63. The summed E-state index contributed by atoms with van der Waals surface area (Å²) in [6, 6.07) is 5.90. The van der Waals surface area contributed by atoms with Gasteiger partial charge in [0.05, 0.1) is 6.10 Å². The number of aryl methyl sites for hydroxylation is 1. The van der Waals surface area contributed by atoms with E-state index >= 15 is 0 Å². The molecule has 19 heavy (non-hydrogen) atoms. The van der Waals surface area contributed by atoms with Crippen LogP contribution in [-0.2, 0) is 0 Å². The van der Waals surface area contributed by atoms with Crippen LogP contribution in [0.3, 0.4) is 0 Å². The Bertz CT molecular complexity index is 497. The smallest absolute Gasteiger partial charge is 0.251 e. The highest BCUT2D eigenvalue weighted by atomic mass is 16.3. The van der Waals surface area contributed by atoms with Crippen LogP contribution in [0.25, 0.3) is 0 Å². The summed E-state index contributed by atoms with van der Waals surface area (Å²) in [6.45, 7) is 6.11. The predicted molar refractivity (Wildman–Crippen MR) is 76.4 cm³/mol. The topological polar surface area (TPSA) is 61.4 Å². The lowest BCUT2D eigenvalue weighted by molar-refractivity contribution is -0.0510. The van der Waals surface area contributed by atoms with Crippen molar-refractivity contribution in [1.29, 1.82) is 0 Å². The van der Waals surface area contributed by atoms with E-state index in [0.717, 1.165) is 17.7 Å². The van der Waals surface area contributed by atoms with E-state index in [1.54, 1.807) is 7.05 Å². The minimum Gasteiger partial charge on any atom is -0.392 e. The first-order chi connectivity index (χ1) is 8.86. The van der Waals surface area contributed by atoms with Gasteiger partial charge in [-0.25, -0.2) is 0 Å². The van der Waals surface area contributed by atoms with Crippen LogP contribution in [0.4, 0.5) is 5.69 Å². The van der Waals surface area contributed by atoms with Gasteiger partial charge in [-0.1, -0.05) is 13.8 Å². The Morgan fingerprint density at radius 2 is 2.11 bits per heavy atom. The zero-order valence-corrected chi connectivity index (χ0v) is 11.9. The largest absolute Gasteiger partial charge is 0.392 e. The molecule has 0 bridgehead atoms. The lowest BCUT2D eigenvalue weighted by Gasteiger charge is -2.50. The summed E-state index contributed by atoms with van der Waals surface area (Å²) in [7, 11) is 1.63. The van der Waals surface area contributed by atoms with Crippen LogP contribution in [0, 0.1) is 12.3 Å². The molecule has 2 atom stereocenters. The summed E-state index contributed by atoms with van der Waals surface area (Å²) in [5.74, 6) is -0.0750. The normalized spacial score (nSPS) is 24.5. The number of aliphatic hydroxyl groups is 1. The second kappa shape index (κ2) is 4.85. The third-order valence-corrected chi connectivity index (χ3v) is 4.26. The maximum absolute atomic E-state index is 11.5. The fraction of sp³-hybridized carbons (Fsp3) is 0.533. The quantitative estimate of drug-likeness (QED) is 0.780. The third kappa shape index (κ3) is 2.45. The lowest BCUT2D eigenvalue weighted by Crippen LogP contribution is -2.56. The molecule has 1 amide bonds. The van der Waals surface area contributed by atoms with Gasteiger partial charge in [-0.2, -0.15) is 0 Å². The van der Waals surface area contributed by atoms with Gasteiger partial charge < -0.3 is 15.7 Å². The number of hydrogen-bond donors (Lipinski definition) is 3. The zero-order chi connectivity index (χ0) is 14.2. The van der Waals surface area contributed by atoms with Crippen molar-refractivity contribution in [2.45, 2.75) is 39.3 Å². The second-order valence-corrected chi connectivity index (χ2v) is 5.88. The molecule has 4 heteroatoms. The van der Waals surface area contributed by atoms with Crippen molar-refractivity contribution in [1.82, 2.24) is 5.32 Å². The fourth-order valence-corrected chi connectivity index (χ4v) is 2.45. The van der Waals surface area contributed by atoms with E-state index < -0.39 is 0 Å². The van der Waals surface area contributed by atoms with Crippen LogP contribution in [0.2, 0.25) is 0 Å². The monoisotopic (exact) mass is 262 g/mol. The molecule has 0 heterocycles. The van der Waals surface area contributed by atoms with E-state index in [4.69, 9.17) is 0 Å². The van der Waals surface area contributed by atoms with E-state index in [1.807, 2.05) is 25.1 Å². The summed E-state index contributed by atoms with van der Waals surface area (Å²) in [5, 5.41) is 15.8. The number of anilines is 1. The summed E-state index contributed by atoms with van der Waals surface area (Å²) in [4.78, 5) is 11.5. The Labute approximate surface area is 114 Å². The fourth-order valence-electron chi connectivity index (χ4n) is 2.45. The molecule has 0 radical (unpaired) electrons. The van der Waals surface area contributed by atoms with Gasteiger partial charge in [-0.05, 0) is 37.1 Å². The van der Waals surface area contributed by atoms with Crippen molar-refractivity contribution >= 4 is 11.6 Å². The molecular formula is C15H22N2O2. The number of hydrogen-bond acceptors (Lipinski definition) is 3. The van der Waals surface area contributed by atoms with Gasteiger partial charge in [0.25, 0.3) is 5.91 Å². The standard InChI is InChI=1S/C15H22N2O2/c1-9-7-10(14(19)16-4)5-6-11(9)17-12-8-13(18)15(12,2)3/h5-7,12-13,17-18H,8H2,1-4H3,(H,16,19). The Kier molecular flexibility index (Phi) is 3.54. The van der Waals surface area contributed by atoms with Crippen LogP contribution in [0.5, 0.6) is 0 Å². The van der Waals surface area contributed by atoms with Crippen molar-refractivity contribution in [2.24, 2.45) is 5.41 Å². The first kappa shape index (κ1) is 13.9. The molecule has 1 fully saturated rings. The number of aliphatic hydroxyl groups excluding tert-OH is 1. The molecule has 1 aromatic carbocycles. The number of carbonyl (C=O) groups is 1. The summed E-state index contributed by atoms with van der Waals surface area (Å²) in [5.41, 5.74) is 2.63. The number of nitrogens with one attached hydrogen (secondary N) is 2. The van der Waals surface area contributed by atoms with Crippen molar-refractivity contribution in [2.75, 3.05) is 12.4 Å². The van der Waals surface area contributed by atoms with Crippen LogP contribution in [-0.4, -0.2) is 30.2 Å². The molecule has 2 rings (SSSR count). The Balaban J connectivity index is 2.12. The van der Waals surface area contributed by atoms with Crippen molar-refractivity contribution in [3.8, 4) is 0 Å². The maximum Gasteiger partial charge on any atom is 0.251 e. The van der Waals surface area contributed by atoms with Crippen LogP contribution in [0.15, 0.2) is 18.2 Å². The van der Waals surface area contributed by atoms with Crippen molar-refractivity contribution in [3.05, 3.63) is 29.3 Å². The molecular weight excluding hydrogens is 240 g/mol. The van der Waals surface area contributed by atoms with Gasteiger partial charge in [0.1, 0.15) is 0 Å². The molecule has 0 spiro atoms. The SMILES string of the molecule is CNC(=O)c1ccc(NC2CC(O)C2(C)C)c(C)c1. The number of amides is 1. The number of rotatable bonds is 3. The second-order valence-electron chi connectivity index (χ2n) is 5.88. The van der Waals surface area contributed by atoms with Crippen molar-refractivity contribution < 1.29 is 9.90 Å². The predicted octanol–water partition coefficient (Wildman–Crippen LogP) is 1.93. The van der Waals surface area contributed by atoms with Crippen LogP contribution >= 0.6 is 0 Å². The van der Waals surface area contributed by atoms with E-state index in [0.29, 0.717) is 5.56 Å². The van der Waals surface area contributed by atoms with E-state index in [1.165, 1.54) is 0 Å². The van der Waals surface area contributed by atoms with Gasteiger partial charge in [0, 0.05) is 29.8 Å². The summed E-state index contributed by atoms with van der Waals surface area (Å²) in [6.07, 6.45) is 0.527. The van der Waals surface area contributed by atoms with E-state index in [2.05, 4.69) is 24.5 Å². The molecule has 1 saturated carbocycles. The van der Waals surface area contributed by atoms with Gasteiger partial charge in [0.15, 0.2) is 0 Å². The van der Waals surface area contributed by atoms with Crippen LogP contribution in [0.1, 0.15) is 36.2 Å². The number of carbonyl (C=O) groups excluding carboxylic acids is 1. The maximum atomic E-state index is 11.5. The molecule has 3 N–H and O–H groups in total. The van der Waals surface area contributed by atoms with Crippen molar-refractivity contribution in [3.63, 3.8) is 0 Å². The molecule has 4 nitrogen and oxygen atoms in total. The average molecular weight is 262 g/mol. The Hall–Kier alpha value is -1.55. The van der Waals surface area contributed by atoms with Gasteiger partial charge >= 0.3 is 0 Å². The minimum atomic E-state index is -0.240. The third-order valence-electron chi connectivity index (χ3n) is 4.26. The van der Waals surface area contributed by atoms with E-state index in [9.17, 15) is 9.90 Å².